The lowest BCUT2D eigenvalue weighted by molar-refractivity contribution is 0.198. The van der Waals surface area contributed by atoms with Crippen molar-refractivity contribution in [3.63, 3.8) is 0 Å². The Morgan fingerprint density at radius 2 is 1.03 bits per heavy atom. The maximum atomic E-state index is 12.7. The molecule has 3 aromatic rings. The average Bonchev–Trinajstić information content (AvgIpc) is 2.70. The molecule has 2 unspecified atom stereocenters. The van der Waals surface area contributed by atoms with E-state index in [-0.39, 0.29) is 17.7 Å². The van der Waals surface area contributed by atoms with E-state index in [1.54, 1.807) is 80.6 Å². The van der Waals surface area contributed by atoms with E-state index >= 15 is 0 Å². The molecule has 0 spiro atoms. The lowest BCUT2D eigenvalue weighted by Gasteiger charge is -2.36. The summed E-state index contributed by atoms with van der Waals surface area (Å²) in [6.07, 6.45) is 0. The molecule has 3 rings (SSSR count). The molecule has 0 saturated heterocycles. The van der Waals surface area contributed by atoms with E-state index in [1.807, 2.05) is 0 Å². The van der Waals surface area contributed by atoms with Crippen molar-refractivity contribution in [1.29, 1.82) is 0 Å². The summed E-state index contributed by atoms with van der Waals surface area (Å²) in [6.45, 7) is 3.17. The van der Waals surface area contributed by atoms with Crippen molar-refractivity contribution in [3.8, 4) is 0 Å². The average molecular weight is 476 g/mol. The zero-order valence-electron chi connectivity index (χ0n) is 17.7. The molecule has 7 nitrogen and oxygen atoms in total. The topological polar surface area (TPSA) is 112 Å². The van der Waals surface area contributed by atoms with Crippen LogP contribution in [-0.4, -0.2) is 30.8 Å². The molecule has 0 heterocycles. The second-order valence-electron chi connectivity index (χ2n) is 7.61. The summed E-state index contributed by atoms with van der Waals surface area (Å²) in [4.78, 5) is 1.10. The molecule has 0 aliphatic rings. The monoisotopic (exact) mass is 475 g/mol. The van der Waals surface area contributed by atoms with Crippen molar-refractivity contribution in [2.45, 2.75) is 31.1 Å². The number of hydrogen-bond donors (Lipinski definition) is 2. The molecule has 0 amide bonds. The standard InChI is InChI=1S/C23H25NO6S2/c1-17-10-6-8-14-20(17)22(31(25,26)27)24(16-19-12-4-3-5-13-19)23(32(28,29)30)21-15-9-7-11-18(21)2/h3-15,22-23H,16H2,1-2H3,(H,25,26,27)(H,28,29,30). The third-order valence-electron chi connectivity index (χ3n) is 5.28. The van der Waals surface area contributed by atoms with E-state index in [4.69, 9.17) is 0 Å². The molecule has 0 aliphatic heterocycles. The maximum absolute atomic E-state index is 12.7. The van der Waals surface area contributed by atoms with Gasteiger partial charge in [0.15, 0.2) is 10.7 Å². The Morgan fingerprint density at radius 1 is 0.656 bits per heavy atom. The predicted octanol–water partition coefficient (Wildman–Crippen LogP) is 4.28. The summed E-state index contributed by atoms with van der Waals surface area (Å²) >= 11 is 0. The van der Waals surface area contributed by atoms with Crippen molar-refractivity contribution >= 4 is 20.2 Å². The molecule has 0 saturated carbocycles. The Morgan fingerprint density at radius 3 is 1.41 bits per heavy atom. The Balaban J connectivity index is 2.33. The Hall–Kier alpha value is -2.56. The van der Waals surface area contributed by atoms with E-state index in [9.17, 15) is 25.9 Å². The normalized spacial score (nSPS) is 14.3. The fourth-order valence-electron chi connectivity index (χ4n) is 3.83. The number of nitrogens with zero attached hydrogens (tertiary/aromatic N) is 1. The first-order valence-electron chi connectivity index (χ1n) is 9.83. The first-order chi connectivity index (χ1) is 15.0. The molecule has 0 radical (unpaired) electrons. The summed E-state index contributed by atoms with van der Waals surface area (Å²) in [5, 5.41) is -3.48. The third-order valence-corrected chi connectivity index (χ3v) is 7.46. The van der Waals surface area contributed by atoms with Crippen LogP contribution in [0.15, 0.2) is 78.9 Å². The lowest BCUT2D eigenvalue weighted by atomic mass is 10.0. The number of benzene rings is 3. The lowest BCUT2D eigenvalue weighted by Crippen LogP contribution is -2.40. The van der Waals surface area contributed by atoms with Gasteiger partial charge in [-0.1, -0.05) is 78.9 Å². The molecule has 9 heteroatoms. The summed E-state index contributed by atoms with van der Waals surface area (Å²) in [6, 6.07) is 21.7. The van der Waals surface area contributed by atoms with Crippen molar-refractivity contribution in [3.05, 3.63) is 107 Å². The van der Waals surface area contributed by atoms with Gasteiger partial charge < -0.3 is 0 Å². The van der Waals surface area contributed by atoms with Crippen LogP contribution < -0.4 is 0 Å². The van der Waals surface area contributed by atoms with Gasteiger partial charge in [-0.15, -0.1) is 0 Å². The molecule has 0 bridgehead atoms. The van der Waals surface area contributed by atoms with Crippen LogP contribution >= 0.6 is 0 Å². The van der Waals surface area contributed by atoms with Crippen LogP contribution in [0.25, 0.3) is 0 Å². The van der Waals surface area contributed by atoms with Gasteiger partial charge in [0.2, 0.25) is 0 Å². The van der Waals surface area contributed by atoms with Crippen LogP contribution in [-0.2, 0) is 26.8 Å². The highest BCUT2D eigenvalue weighted by atomic mass is 32.2. The van der Waals surface area contributed by atoms with Crippen molar-refractivity contribution in [1.82, 2.24) is 4.90 Å². The van der Waals surface area contributed by atoms with Crippen LogP contribution in [0.4, 0.5) is 0 Å². The predicted molar refractivity (Wildman–Crippen MR) is 123 cm³/mol. The van der Waals surface area contributed by atoms with E-state index in [1.165, 1.54) is 12.1 Å². The molecule has 32 heavy (non-hydrogen) atoms. The third kappa shape index (κ3) is 5.43. The van der Waals surface area contributed by atoms with Gasteiger partial charge in [0.1, 0.15) is 0 Å². The Bertz CT molecular complexity index is 1210. The van der Waals surface area contributed by atoms with Crippen LogP contribution in [0.2, 0.25) is 0 Å². The molecule has 2 atom stereocenters. The maximum Gasteiger partial charge on any atom is 0.285 e. The quantitative estimate of drug-likeness (QED) is 0.468. The second kappa shape index (κ2) is 9.51. The van der Waals surface area contributed by atoms with Crippen molar-refractivity contribution in [2.24, 2.45) is 0 Å². The highest BCUT2D eigenvalue weighted by molar-refractivity contribution is 7.86. The molecule has 0 aromatic heterocycles. The van der Waals surface area contributed by atoms with Gasteiger partial charge in [-0.25, -0.2) is 0 Å². The second-order valence-corrected chi connectivity index (χ2v) is 10.6. The summed E-state index contributed by atoms with van der Waals surface area (Å²) in [7, 11) is -9.67. The van der Waals surface area contributed by atoms with Crippen LogP contribution in [0.5, 0.6) is 0 Å². The molecule has 0 aliphatic carbocycles. The summed E-state index contributed by atoms with van der Waals surface area (Å²) in [5.41, 5.74) is 2.14. The van der Waals surface area contributed by atoms with Crippen LogP contribution in [0, 0.1) is 13.8 Å². The van der Waals surface area contributed by atoms with E-state index in [0.29, 0.717) is 16.7 Å². The minimum atomic E-state index is -4.84. The fraction of sp³-hybridized carbons (Fsp3) is 0.217. The molecular weight excluding hydrogens is 450 g/mol. The Labute approximate surface area is 188 Å². The molecular formula is C23H25NO6S2. The minimum Gasteiger partial charge on any atom is -0.284 e. The molecule has 0 fully saturated rings. The van der Waals surface area contributed by atoms with Gasteiger partial charge in [-0.3, -0.25) is 14.0 Å². The van der Waals surface area contributed by atoms with Crippen molar-refractivity contribution < 1.29 is 25.9 Å². The summed E-state index contributed by atoms with van der Waals surface area (Å²) in [5.74, 6) is 0. The van der Waals surface area contributed by atoms with Crippen LogP contribution in [0.3, 0.4) is 0 Å². The van der Waals surface area contributed by atoms with E-state index in [0.717, 1.165) is 4.90 Å². The highest BCUT2D eigenvalue weighted by Gasteiger charge is 2.43. The minimum absolute atomic E-state index is 0.168. The SMILES string of the molecule is Cc1ccccc1C(N(Cc1ccccc1)C(c1ccccc1C)S(=O)(=O)O)S(=O)(=O)O. The molecule has 3 aromatic carbocycles. The van der Waals surface area contributed by atoms with Crippen molar-refractivity contribution in [2.75, 3.05) is 0 Å². The first kappa shape index (κ1) is 24.1. The number of rotatable bonds is 8. The zero-order chi connectivity index (χ0) is 23.5. The largest absolute Gasteiger partial charge is 0.285 e. The van der Waals surface area contributed by atoms with Gasteiger partial charge in [-0.2, -0.15) is 16.8 Å². The first-order valence-corrected chi connectivity index (χ1v) is 12.8. The van der Waals surface area contributed by atoms with Gasteiger partial charge in [0.05, 0.1) is 0 Å². The smallest absolute Gasteiger partial charge is 0.284 e. The molecule has 170 valence electrons. The summed E-state index contributed by atoms with van der Waals surface area (Å²) < 4.78 is 71.4. The van der Waals surface area contributed by atoms with Crippen LogP contribution in [0.1, 0.15) is 38.6 Å². The number of hydrogen-bond acceptors (Lipinski definition) is 5. The highest BCUT2D eigenvalue weighted by Crippen LogP contribution is 2.40. The van der Waals surface area contributed by atoms with Gasteiger partial charge in [-0.05, 0) is 41.7 Å². The van der Waals surface area contributed by atoms with E-state index in [2.05, 4.69) is 0 Å². The fourth-order valence-corrected chi connectivity index (χ4v) is 6.16. The number of aryl methyl sites for hydroxylation is 2. The van der Waals surface area contributed by atoms with E-state index < -0.39 is 31.0 Å². The molecule has 2 N–H and O–H groups in total. The zero-order valence-corrected chi connectivity index (χ0v) is 19.3. The van der Waals surface area contributed by atoms with Gasteiger partial charge >= 0.3 is 0 Å². The Kier molecular flexibility index (Phi) is 7.16. The van der Waals surface area contributed by atoms with Gasteiger partial charge in [0.25, 0.3) is 20.2 Å². The van der Waals surface area contributed by atoms with Gasteiger partial charge in [0, 0.05) is 6.54 Å².